The molecule has 3 rings (SSSR count). The van der Waals surface area contributed by atoms with Crippen molar-refractivity contribution in [2.24, 2.45) is 0 Å². The summed E-state index contributed by atoms with van der Waals surface area (Å²) in [6.07, 6.45) is 0. The van der Waals surface area contributed by atoms with E-state index < -0.39 is 0 Å². The average molecular weight is 272 g/mol. The fourth-order valence-electron chi connectivity index (χ4n) is 2.02. The van der Waals surface area contributed by atoms with Crippen molar-refractivity contribution in [2.75, 3.05) is 0 Å². The van der Waals surface area contributed by atoms with E-state index >= 15 is 0 Å². The summed E-state index contributed by atoms with van der Waals surface area (Å²) in [5.74, 6) is 0.713. The monoisotopic (exact) mass is 272 g/mol. The number of hydrogen-bond donors (Lipinski definition) is 0. The van der Waals surface area contributed by atoms with E-state index in [2.05, 4.69) is 0 Å². The van der Waals surface area contributed by atoms with Crippen LogP contribution in [0.3, 0.4) is 0 Å². The van der Waals surface area contributed by atoms with Gasteiger partial charge in [-0.25, -0.2) is 4.39 Å². The molecule has 0 unspecified atom stereocenters. The number of hydrogen-bond acceptors (Lipinski definition) is 2. The lowest BCUT2D eigenvalue weighted by Crippen LogP contribution is -1.94. The first-order valence-corrected chi connectivity index (χ1v) is 6.91. The van der Waals surface area contributed by atoms with Gasteiger partial charge < -0.3 is 4.74 Å². The maximum absolute atomic E-state index is 13.6. The molecule has 0 radical (unpaired) electrons. The molecule has 0 fully saturated rings. The zero-order valence-electron chi connectivity index (χ0n) is 10.5. The Hall–Kier alpha value is -1.87. The average Bonchev–Trinajstić information content (AvgIpc) is 2.82. The first-order chi connectivity index (χ1) is 9.24. The van der Waals surface area contributed by atoms with Crippen LogP contribution in [0.1, 0.15) is 10.4 Å². The first-order valence-electron chi connectivity index (χ1n) is 6.09. The summed E-state index contributed by atoms with van der Waals surface area (Å²) in [4.78, 5) is 1.03. The SMILES string of the molecule is Cc1ccccc1OCc1cc2cccc(F)c2s1. The molecule has 0 bridgehead atoms. The van der Waals surface area contributed by atoms with Crippen molar-refractivity contribution in [1.82, 2.24) is 0 Å². The number of halogens is 1. The molecule has 96 valence electrons. The highest BCUT2D eigenvalue weighted by molar-refractivity contribution is 7.19. The lowest BCUT2D eigenvalue weighted by Gasteiger charge is -2.06. The van der Waals surface area contributed by atoms with Crippen molar-refractivity contribution < 1.29 is 9.13 Å². The minimum Gasteiger partial charge on any atom is -0.488 e. The molecule has 3 aromatic rings. The van der Waals surface area contributed by atoms with Gasteiger partial charge in [0.05, 0.1) is 4.70 Å². The molecule has 3 heteroatoms. The Morgan fingerprint density at radius 3 is 2.74 bits per heavy atom. The molecule has 1 aromatic heterocycles. The van der Waals surface area contributed by atoms with Crippen LogP contribution in [0.15, 0.2) is 48.5 Å². The van der Waals surface area contributed by atoms with Crippen molar-refractivity contribution in [3.05, 3.63) is 64.8 Å². The van der Waals surface area contributed by atoms with Crippen molar-refractivity contribution in [1.29, 1.82) is 0 Å². The molecule has 0 saturated heterocycles. The lowest BCUT2D eigenvalue weighted by molar-refractivity contribution is 0.308. The maximum atomic E-state index is 13.6. The molecule has 0 aliphatic heterocycles. The quantitative estimate of drug-likeness (QED) is 0.657. The van der Waals surface area contributed by atoms with Gasteiger partial charge in [-0.05, 0) is 36.1 Å². The standard InChI is InChI=1S/C16H13FOS/c1-11-5-2-3-8-15(11)18-10-13-9-12-6-4-7-14(17)16(12)19-13/h2-9H,10H2,1H3. The summed E-state index contributed by atoms with van der Waals surface area (Å²) in [6, 6.07) is 15.0. The molecule has 0 aliphatic rings. The number of para-hydroxylation sites is 1. The lowest BCUT2D eigenvalue weighted by atomic mass is 10.2. The molecule has 0 spiro atoms. The molecule has 1 heterocycles. The van der Waals surface area contributed by atoms with Crippen LogP contribution in [0.25, 0.3) is 10.1 Å². The Kier molecular flexibility index (Phi) is 3.22. The van der Waals surface area contributed by atoms with Crippen LogP contribution in [-0.2, 0) is 6.61 Å². The Morgan fingerprint density at radius 1 is 1.11 bits per heavy atom. The Morgan fingerprint density at radius 2 is 1.95 bits per heavy atom. The van der Waals surface area contributed by atoms with Crippen molar-refractivity contribution in [3.8, 4) is 5.75 Å². The molecule has 0 aliphatic carbocycles. The van der Waals surface area contributed by atoms with E-state index in [-0.39, 0.29) is 5.82 Å². The number of aryl methyl sites for hydroxylation is 1. The van der Waals surface area contributed by atoms with Gasteiger partial charge in [-0.2, -0.15) is 0 Å². The zero-order chi connectivity index (χ0) is 13.2. The highest BCUT2D eigenvalue weighted by Crippen LogP contribution is 2.29. The van der Waals surface area contributed by atoms with Crippen molar-refractivity contribution in [2.45, 2.75) is 13.5 Å². The van der Waals surface area contributed by atoms with E-state index in [1.165, 1.54) is 17.4 Å². The summed E-state index contributed by atoms with van der Waals surface area (Å²) in [5.41, 5.74) is 1.11. The second-order valence-corrected chi connectivity index (χ2v) is 5.56. The van der Waals surface area contributed by atoms with Gasteiger partial charge >= 0.3 is 0 Å². The van der Waals surface area contributed by atoms with Crippen LogP contribution in [0, 0.1) is 12.7 Å². The molecule has 1 nitrogen and oxygen atoms in total. The van der Waals surface area contributed by atoms with E-state index in [1.807, 2.05) is 43.3 Å². The number of ether oxygens (including phenoxy) is 1. The molecular weight excluding hydrogens is 259 g/mol. The van der Waals surface area contributed by atoms with Gasteiger partial charge in [0.15, 0.2) is 0 Å². The largest absolute Gasteiger partial charge is 0.488 e. The second-order valence-electron chi connectivity index (χ2n) is 4.43. The highest BCUT2D eigenvalue weighted by atomic mass is 32.1. The molecule has 0 N–H and O–H groups in total. The number of rotatable bonds is 3. The normalized spacial score (nSPS) is 10.8. The van der Waals surface area contributed by atoms with Gasteiger partial charge in [0, 0.05) is 4.88 Å². The van der Waals surface area contributed by atoms with Crippen LogP contribution in [0.5, 0.6) is 5.75 Å². The summed E-state index contributed by atoms with van der Waals surface area (Å²) in [6.45, 7) is 2.49. The Balaban J connectivity index is 1.83. The summed E-state index contributed by atoms with van der Waals surface area (Å²) >= 11 is 1.45. The molecule has 2 aromatic carbocycles. The van der Waals surface area contributed by atoms with Gasteiger partial charge in [0.25, 0.3) is 0 Å². The number of benzene rings is 2. The number of thiophene rings is 1. The maximum Gasteiger partial charge on any atom is 0.140 e. The van der Waals surface area contributed by atoms with E-state index in [4.69, 9.17) is 4.74 Å². The summed E-state index contributed by atoms with van der Waals surface area (Å²) in [5, 5.41) is 0.938. The molecule has 19 heavy (non-hydrogen) atoms. The van der Waals surface area contributed by atoms with Gasteiger partial charge in [0.2, 0.25) is 0 Å². The van der Waals surface area contributed by atoms with E-state index in [9.17, 15) is 4.39 Å². The second kappa shape index (κ2) is 5.02. The third kappa shape index (κ3) is 2.47. The van der Waals surface area contributed by atoms with E-state index in [1.54, 1.807) is 6.07 Å². The minimum atomic E-state index is -0.162. The van der Waals surface area contributed by atoms with Crippen LogP contribution >= 0.6 is 11.3 Å². The van der Waals surface area contributed by atoms with Crippen LogP contribution in [-0.4, -0.2) is 0 Å². The van der Waals surface area contributed by atoms with Crippen molar-refractivity contribution in [3.63, 3.8) is 0 Å². The molecule has 0 amide bonds. The third-order valence-electron chi connectivity index (χ3n) is 3.01. The third-order valence-corrected chi connectivity index (χ3v) is 4.14. The Bertz CT molecular complexity index is 718. The first kappa shape index (κ1) is 12.2. The molecule has 0 atom stereocenters. The van der Waals surface area contributed by atoms with Gasteiger partial charge in [-0.15, -0.1) is 11.3 Å². The van der Waals surface area contributed by atoms with Gasteiger partial charge in [0.1, 0.15) is 18.2 Å². The van der Waals surface area contributed by atoms with Crippen molar-refractivity contribution >= 4 is 21.4 Å². The van der Waals surface area contributed by atoms with Gasteiger partial charge in [-0.3, -0.25) is 0 Å². The van der Waals surface area contributed by atoms with E-state index in [0.29, 0.717) is 11.3 Å². The topological polar surface area (TPSA) is 9.23 Å². The molecular formula is C16H13FOS. The predicted molar refractivity (Wildman–Crippen MR) is 77.3 cm³/mol. The van der Waals surface area contributed by atoms with E-state index in [0.717, 1.165) is 21.6 Å². The smallest absolute Gasteiger partial charge is 0.140 e. The van der Waals surface area contributed by atoms with Gasteiger partial charge in [-0.1, -0.05) is 30.3 Å². The van der Waals surface area contributed by atoms with Crippen LogP contribution in [0.4, 0.5) is 4.39 Å². The predicted octanol–water partition coefficient (Wildman–Crippen LogP) is 4.93. The molecule has 0 saturated carbocycles. The van der Waals surface area contributed by atoms with Crippen LogP contribution < -0.4 is 4.74 Å². The zero-order valence-corrected chi connectivity index (χ0v) is 11.3. The summed E-state index contributed by atoms with van der Waals surface area (Å²) < 4.78 is 20.1. The summed E-state index contributed by atoms with van der Waals surface area (Å²) in [7, 11) is 0. The fraction of sp³-hybridized carbons (Fsp3) is 0.125. The Labute approximate surface area is 115 Å². The highest BCUT2D eigenvalue weighted by Gasteiger charge is 2.07. The number of fused-ring (bicyclic) bond motifs is 1. The van der Waals surface area contributed by atoms with Crippen LogP contribution in [0.2, 0.25) is 0 Å². The fourth-order valence-corrected chi connectivity index (χ4v) is 3.00. The minimum absolute atomic E-state index is 0.162.